The lowest BCUT2D eigenvalue weighted by Crippen LogP contribution is -1.93. The Kier molecular flexibility index (Phi) is 4.77. The molecule has 0 saturated carbocycles. The van der Waals surface area contributed by atoms with E-state index in [0.29, 0.717) is 11.5 Å². The molecule has 1 rings (SSSR count). The summed E-state index contributed by atoms with van der Waals surface area (Å²) in [5.41, 5.74) is 1.54. The van der Waals surface area contributed by atoms with Crippen molar-refractivity contribution in [2.24, 2.45) is 0 Å². The smallest absolute Gasteiger partial charge is 0.144 e. The molecule has 0 amide bonds. The van der Waals surface area contributed by atoms with Crippen LogP contribution in [0.15, 0.2) is 72.3 Å². The van der Waals surface area contributed by atoms with Crippen LogP contribution in [-0.2, 0) is 4.74 Å². The highest BCUT2D eigenvalue weighted by molar-refractivity contribution is 5.39. The van der Waals surface area contributed by atoms with E-state index in [1.165, 1.54) is 5.57 Å². The van der Waals surface area contributed by atoms with Gasteiger partial charge in [0, 0.05) is 0 Å². The largest absolute Gasteiger partial charge is 0.456 e. The highest BCUT2D eigenvalue weighted by atomic mass is 16.5. The second-order valence-corrected chi connectivity index (χ2v) is 3.65. The quantitative estimate of drug-likeness (QED) is 0.412. The second kappa shape index (κ2) is 6.34. The molecular formula is C15H15NO. The molecule has 0 aromatic heterocycles. The van der Waals surface area contributed by atoms with E-state index in [4.69, 9.17) is 10.00 Å². The molecule has 0 atom stereocenters. The summed E-state index contributed by atoms with van der Waals surface area (Å²) in [6, 6.07) is 1.96. The van der Waals surface area contributed by atoms with E-state index in [1.54, 1.807) is 12.2 Å². The van der Waals surface area contributed by atoms with E-state index in [0.717, 1.165) is 6.42 Å². The lowest BCUT2D eigenvalue weighted by molar-refractivity contribution is 0.333. The van der Waals surface area contributed by atoms with Gasteiger partial charge in [-0.05, 0) is 31.6 Å². The molecule has 0 heterocycles. The van der Waals surface area contributed by atoms with Crippen LogP contribution in [0.1, 0.15) is 13.3 Å². The van der Waals surface area contributed by atoms with Gasteiger partial charge in [-0.25, -0.2) is 0 Å². The summed E-state index contributed by atoms with van der Waals surface area (Å²) in [5, 5.41) is 8.80. The van der Waals surface area contributed by atoms with E-state index >= 15 is 0 Å². The summed E-state index contributed by atoms with van der Waals surface area (Å²) in [7, 11) is 0. The maximum absolute atomic E-state index is 8.80. The number of rotatable bonds is 4. The van der Waals surface area contributed by atoms with Crippen LogP contribution in [0.4, 0.5) is 0 Å². The van der Waals surface area contributed by atoms with Crippen LogP contribution in [-0.4, -0.2) is 0 Å². The summed E-state index contributed by atoms with van der Waals surface area (Å²) >= 11 is 0. The molecule has 2 nitrogen and oxygen atoms in total. The number of nitrogens with zero attached hydrogens (tertiary/aromatic N) is 1. The average molecular weight is 225 g/mol. The fourth-order valence-electron chi connectivity index (χ4n) is 1.26. The third kappa shape index (κ3) is 4.00. The summed E-state index contributed by atoms with van der Waals surface area (Å²) in [6.45, 7) is 9.27. The van der Waals surface area contributed by atoms with Gasteiger partial charge in [0.2, 0.25) is 0 Å². The minimum atomic E-state index is 0.282. The first-order valence-electron chi connectivity index (χ1n) is 5.31. The van der Waals surface area contributed by atoms with Crippen molar-refractivity contribution >= 4 is 0 Å². The molecule has 0 aromatic carbocycles. The maximum atomic E-state index is 8.80. The van der Waals surface area contributed by atoms with E-state index in [-0.39, 0.29) is 5.57 Å². The zero-order chi connectivity index (χ0) is 12.7. The molecular weight excluding hydrogens is 210 g/mol. The first-order valence-corrected chi connectivity index (χ1v) is 5.31. The molecule has 0 aliphatic heterocycles. The van der Waals surface area contributed by atoms with Crippen LogP contribution >= 0.6 is 0 Å². The first-order chi connectivity index (χ1) is 8.17. The predicted octanol–water partition coefficient (Wildman–Crippen LogP) is 3.94. The minimum absolute atomic E-state index is 0.282. The van der Waals surface area contributed by atoms with Gasteiger partial charge in [-0.1, -0.05) is 37.0 Å². The Balaban J connectivity index is 2.89. The van der Waals surface area contributed by atoms with Crippen LogP contribution in [0.25, 0.3) is 0 Å². The molecule has 2 heteroatoms. The summed E-state index contributed by atoms with van der Waals surface area (Å²) in [5.74, 6) is 1.11. The Labute approximate surface area is 102 Å². The normalized spacial score (nSPS) is 15.2. The topological polar surface area (TPSA) is 33.0 Å². The fraction of sp³-hybridized carbons (Fsp3) is 0.133. The molecule has 0 spiro atoms. The van der Waals surface area contributed by atoms with Gasteiger partial charge in [0.15, 0.2) is 0 Å². The Morgan fingerprint density at radius 3 is 2.94 bits per heavy atom. The lowest BCUT2D eigenvalue weighted by atomic mass is 10.2. The maximum Gasteiger partial charge on any atom is 0.144 e. The molecule has 0 fully saturated rings. The zero-order valence-corrected chi connectivity index (χ0v) is 9.94. The summed E-state index contributed by atoms with van der Waals surface area (Å²) in [4.78, 5) is 0. The molecule has 0 N–H and O–H groups in total. The number of hydrogen-bond donors (Lipinski definition) is 0. The molecule has 86 valence electrons. The van der Waals surface area contributed by atoms with Gasteiger partial charge in [-0.15, -0.1) is 0 Å². The van der Waals surface area contributed by atoms with Crippen molar-refractivity contribution in [3.8, 4) is 6.07 Å². The van der Waals surface area contributed by atoms with Gasteiger partial charge < -0.3 is 4.74 Å². The minimum Gasteiger partial charge on any atom is -0.456 e. The van der Waals surface area contributed by atoms with Crippen molar-refractivity contribution < 1.29 is 4.74 Å². The van der Waals surface area contributed by atoms with Crippen molar-refractivity contribution in [3.63, 3.8) is 0 Å². The summed E-state index contributed by atoms with van der Waals surface area (Å²) in [6.07, 6.45) is 11.9. The third-order valence-electron chi connectivity index (χ3n) is 2.18. The van der Waals surface area contributed by atoms with Crippen LogP contribution in [0.2, 0.25) is 0 Å². The van der Waals surface area contributed by atoms with E-state index in [9.17, 15) is 0 Å². The second-order valence-electron chi connectivity index (χ2n) is 3.65. The SMILES string of the molecule is C=C/C=C(/OC1=CC=C(C)CC=C1)C(=C)C#N. The van der Waals surface area contributed by atoms with Crippen LogP contribution < -0.4 is 0 Å². The Bertz CT molecular complexity index is 482. The number of hydrogen-bond acceptors (Lipinski definition) is 2. The highest BCUT2D eigenvalue weighted by Gasteiger charge is 2.05. The molecule has 17 heavy (non-hydrogen) atoms. The van der Waals surface area contributed by atoms with Gasteiger partial charge in [-0.2, -0.15) is 5.26 Å². The highest BCUT2D eigenvalue weighted by Crippen LogP contribution is 2.18. The van der Waals surface area contributed by atoms with Gasteiger partial charge >= 0.3 is 0 Å². The van der Waals surface area contributed by atoms with E-state index in [1.807, 2.05) is 30.4 Å². The van der Waals surface area contributed by atoms with Crippen molar-refractivity contribution in [1.29, 1.82) is 5.26 Å². The lowest BCUT2D eigenvalue weighted by Gasteiger charge is -2.07. The average Bonchev–Trinajstić information content (AvgIpc) is 2.53. The molecule has 0 saturated heterocycles. The fourth-order valence-corrected chi connectivity index (χ4v) is 1.26. The first kappa shape index (κ1) is 12.8. The van der Waals surface area contributed by atoms with E-state index < -0.39 is 0 Å². The number of nitriles is 1. The molecule has 0 unspecified atom stereocenters. The van der Waals surface area contributed by atoms with Crippen molar-refractivity contribution in [2.75, 3.05) is 0 Å². The summed E-state index contributed by atoms with van der Waals surface area (Å²) < 4.78 is 5.61. The van der Waals surface area contributed by atoms with Crippen molar-refractivity contribution in [2.45, 2.75) is 13.3 Å². The molecule has 1 aliphatic carbocycles. The van der Waals surface area contributed by atoms with Gasteiger partial charge in [0.05, 0.1) is 5.57 Å². The molecule has 1 aliphatic rings. The Morgan fingerprint density at radius 1 is 1.53 bits per heavy atom. The standard InChI is InChI=1S/C15H15NO/c1-4-6-15(13(3)11-16)17-14-8-5-7-12(2)9-10-14/h4-6,8-10H,1,3,7H2,2H3/b15-6+. The molecule has 0 bridgehead atoms. The monoisotopic (exact) mass is 225 g/mol. The zero-order valence-electron chi connectivity index (χ0n) is 9.94. The molecule has 0 aromatic rings. The van der Waals surface area contributed by atoms with Crippen molar-refractivity contribution in [3.05, 3.63) is 72.3 Å². The van der Waals surface area contributed by atoms with Gasteiger partial charge in [0.1, 0.15) is 17.6 Å². The predicted molar refractivity (Wildman–Crippen MR) is 69.7 cm³/mol. The van der Waals surface area contributed by atoms with Gasteiger partial charge in [0.25, 0.3) is 0 Å². The Hall–Kier alpha value is -2.27. The Morgan fingerprint density at radius 2 is 2.29 bits per heavy atom. The van der Waals surface area contributed by atoms with Crippen LogP contribution in [0.3, 0.4) is 0 Å². The number of ether oxygens (including phenoxy) is 1. The van der Waals surface area contributed by atoms with Crippen molar-refractivity contribution in [1.82, 2.24) is 0 Å². The molecule has 0 radical (unpaired) electrons. The third-order valence-corrected chi connectivity index (χ3v) is 2.18. The van der Waals surface area contributed by atoms with Crippen LogP contribution in [0.5, 0.6) is 0 Å². The van der Waals surface area contributed by atoms with Gasteiger partial charge in [-0.3, -0.25) is 0 Å². The van der Waals surface area contributed by atoms with E-state index in [2.05, 4.69) is 20.1 Å². The van der Waals surface area contributed by atoms with Crippen LogP contribution in [0, 0.1) is 11.3 Å². The number of allylic oxidation sites excluding steroid dienone is 8.